The number of anilines is 1. The highest BCUT2D eigenvalue weighted by Crippen LogP contribution is 2.14. The topological polar surface area (TPSA) is 42.0 Å². The maximum atomic E-state index is 12.9. The molecule has 92 valence electrons. The molecule has 1 heterocycles. The van der Waals surface area contributed by atoms with Crippen LogP contribution >= 0.6 is 0 Å². The fraction of sp³-hybridized carbons (Fsp3) is 0. The van der Waals surface area contributed by atoms with E-state index in [2.05, 4.69) is 10.3 Å². The summed E-state index contributed by atoms with van der Waals surface area (Å²) in [5.74, 6) is -3.52. The van der Waals surface area contributed by atoms with Gasteiger partial charge in [0.15, 0.2) is 11.6 Å². The molecular formula is C12H7F3N2O. The molecule has 18 heavy (non-hydrogen) atoms. The summed E-state index contributed by atoms with van der Waals surface area (Å²) in [5, 5.41) is 2.31. The minimum atomic E-state index is -1.08. The molecule has 0 saturated heterocycles. The van der Waals surface area contributed by atoms with Crippen LogP contribution in [0.4, 0.5) is 18.9 Å². The quantitative estimate of drug-likeness (QED) is 0.835. The Kier molecular flexibility index (Phi) is 3.27. The number of pyridine rings is 1. The fourth-order valence-corrected chi connectivity index (χ4v) is 1.32. The second-order valence-electron chi connectivity index (χ2n) is 3.45. The minimum absolute atomic E-state index is 0.0345. The molecule has 0 unspecified atom stereocenters. The number of nitrogens with zero attached hydrogens (tertiary/aromatic N) is 1. The molecule has 0 aliphatic rings. The van der Waals surface area contributed by atoms with E-state index in [1.807, 2.05) is 0 Å². The Bertz CT molecular complexity index is 602. The van der Waals surface area contributed by atoms with Crippen molar-refractivity contribution in [3.63, 3.8) is 0 Å². The molecule has 1 aromatic heterocycles. The van der Waals surface area contributed by atoms with Gasteiger partial charge in [-0.25, -0.2) is 13.8 Å². The van der Waals surface area contributed by atoms with Gasteiger partial charge in [0.2, 0.25) is 5.95 Å². The number of nitrogens with one attached hydrogen (secondary N) is 1. The molecular weight excluding hydrogens is 245 g/mol. The number of carbonyl (C=O) groups is 1. The van der Waals surface area contributed by atoms with E-state index in [9.17, 15) is 18.0 Å². The van der Waals surface area contributed by atoms with Gasteiger partial charge in [0, 0.05) is 29.6 Å². The molecule has 0 atom stereocenters. The van der Waals surface area contributed by atoms with Crippen LogP contribution in [-0.2, 0) is 0 Å². The number of aromatic nitrogens is 1. The van der Waals surface area contributed by atoms with Gasteiger partial charge in [-0.2, -0.15) is 4.39 Å². The Hall–Kier alpha value is -2.37. The van der Waals surface area contributed by atoms with E-state index < -0.39 is 23.5 Å². The van der Waals surface area contributed by atoms with Crippen LogP contribution in [0, 0.1) is 17.6 Å². The van der Waals surface area contributed by atoms with Crippen molar-refractivity contribution in [1.82, 2.24) is 4.98 Å². The van der Waals surface area contributed by atoms with Crippen LogP contribution in [0.5, 0.6) is 0 Å². The second-order valence-corrected chi connectivity index (χ2v) is 3.45. The minimum Gasteiger partial charge on any atom is -0.322 e. The van der Waals surface area contributed by atoms with Crippen molar-refractivity contribution in [3.05, 3.63) is 59.7 Å². The maximum Gasteiger partial charge on any atom is 0.255 e. The normalized spacial score (nSPS) is 10.2. The van der Waals surface area contributed by atoms with Gasteiger partial charge in [-0.05, 0) is 18.2 Å². The third-order valence-electron chi connectivity index (χ3n) is 2.17. The molecule has 0 bridgehead atoms. The average Bonchev–Trinajstić information content (AvgIpc) is 2.34. The molecule has 1 N–H and O–H groups in total. The number of halogens is 3. The molecule has 0 spiro atoms. The molecule has 0 radical (unpaired) electrons. The second kappa shape index (κ2) is 4.87. The summed E-state index contributed by atoms with van der Waals surface area (Å²) < 4.78 is 38.3. The summed E-state index contributed by atoms with van der Waals surface area (Å²) in [4.78, 5) is 14.9. The molecule has 2 aromatic rings. The molecule has 0 aliphatic heterocycles. The fourth-order valence-electron chi connectivity index (χ4n) is 1.32. The summed E-state index contributed by atoms with van der Waals surface area (Å²) in [6.45, 7) is 0. The van der Waals surface area contributed by atoms with Crippen LogP contribution < -0.4 is 5.32 Å². The molecule has 2 rings (SSSR count). The highest BCUT2D eigenvalue weighted by molar-refractivity contribution is 6.04. The lowest BCUT2D eigenvalue weighted by Gasteiger charge is -2.05. The lowest BCUT2D eigenvalue weighted by molar-refractivity contribution is 0.102. The summed E-state index contributed by atoms with van der Waals surface area (Å²) in [5.41, 5.74) is 0.114. The smallest absolute Gasteiger partial charge is 0.255 e. The van der Waals surface area contributed by atoms with Gasteiger partial charge in [0.1, 0.15) is 0 Å². The first kappa shape index (κ1) is 12.1. The van der Waals surface area contributed by atoms with Gasteiger partial charge in [-0.1, -0.05) is 0 Å². The Morgan fingerprint density at radius 2 is 1.83 bits per heavy atom. The highest BCUT2D eigenvalue weighted by Gasteiger charge is 2.09. The molecule has 6 heteroatoms. The number of amides is 1. The predicted molar refractivity (Wildman–Crippen MR) is 58.5 cm³/mol. The first-order valence-electron chi connectivity index (χ1n) is 4.94. The Labute approximate surface area is 100 Å². The average molecular weight is 252 g/mol. The number of carbonyl (C=O) groups excluding carboxylic acids is 1. The van der Waals surface area contributed by atoms with Gasteiger partial charge >= 0.3 is 0 Å². The summed E-state index contributed by atoms with van der Waals surface area (Å²) >= 11 is 0. The summed E-state index contributed by atoms with van der Waals surface area (Å²) in [6.07, 6.45) is 1.13. The zero-order valence-electron chi connectivity index (χ0n) is 8.95. The first-order chi connectivity index (χ1) is 8.56. The van der Waals surface area contributed by atoms with E-state index in [1.165, 1.54) is 12.1 Å². The predicted octanol–water partition coefficient (Wildman–Crippen LogP) is 2.75. The molecule has 3 nitrogen and oxygen atoms in total. The van der Waals surface area contributed by atoms with Gasteiger partial charge in [0.05, 0.1) is 0 Å². The van der Waals surface area contributed by atoms with Crippen molar-refractivity contribution in [2.45, 2.75) is 0 Å². The van der Waals surface area contributed by atoms with Crippen LogP contribution in [0.2, 0.25) is 0 Å². The zero-order valence-corrected chi connectivity index (χ0v) is 8.95. The molecule has 0 aliphatic carbocycles. The number of rotatable bonds is 2. The molecule has 0 saturated carbocycles. The van der Waals surface area contributed by atoms with Crippen molar-refractivity contribution in [2.75, 3.05) is 5.32 Å². The van der Waals surface area contributed by atoms with Crippen molar-refractivity contribution in [2.24, 2.45) is 0 Å². The van der Waals surface area contributed by atoms with E-state index >= 15 is 0 Å². The standard InChI is InChI=1S/C12H7F3N2O/c13-9-2-1-8(6-10(9)14)17-12(18)7-3-4-16-11(15)5-7/h1-6H,(H,17,18). The lowest BCUT2D eigenvalue weighted by Crippen LogP contribution is -2.12. The van der Waals surface area contributed by atoms with Crippen LogP contribution in [0.3, 0.4) is 0 Å². The summed E-state index contributed by atoms with van der Waals surface area (Å²) in [6, 6.07) is 5.17. The molecule has 1 aromatic carbocycles. The summed E-state index contributed by atoms with van der Waals surface area (Å²) in [7, 11) is 0. The van der Waals surface area contributed by atoms with Crippen LogP contribution in [0.15, 0.2) is 36.5 Å². The number of hydrogen-bond acceptors (Lipinski definition) is 2. The van der Waals surface area contributed by atoms with E-state index in [0.717, 1.165) is 24.4 Å². The van der Waals surface area contributed by atoms with Gasteiger partial charge in [0.25, 0.3) is 5.91 Å². The van der Waals surface area contributed by atoms with E-state index in [4.69, 9.17) is 0 Å². The van der Waals surface area contributed by atoms with Crippen molar-refractivity contribution < 1.29 is 18.0 Å². The Morgan fingerprint density at radius 3 is 2.50 bits per heavy atom. The molecule has 1 amide bonds. The van der Waals surface area contributed by atoms with E-state index in [-0.39, 0.29) is 11.3 Å². The van der Waals surface area contributed by atoms with Gasteiger partial charge in [-0.15, -0.1) is 0 Å². The monoisotopic (exact) mass is 252 g/mol. The third-order valence-corrected chi connectivity index (χ3v) is 2.17. The maximum absolute atomic E-state index is 12.9. The van der Waals surface area contributed by atoms with Crippen molar-refractivity contribution >= 4 is 11.6 Å². The van der Waals surface area contributed by atoms with Crippen LogP contribution in [0.25, 0.3) is 0 Å². The van der Waals surface area contributed by atoms with Crippen LogP contribution in [0.1, 0.15) is 10.4 Å². The Balaban J connectivity index is 2.18. The SMILES string of the molecule is O=C(Nc1ccc(F)c(F)c1)c1ccnc(F)c1. The first-order valence-corrected chi connectivity index (χ1v) is 4.94. The lowest BCUT2D eigenvalue weighted by atomic mass is 10.2. The molecule has 0 fully saturated rings. The third kappa shape index (κ3) is 2.65. The Morgan fingerprint density at radius 1 is 1.06 bits per heavy atom. The van der Waals surface area contributed by atoms with Crippen LogP contribution in [-0.4, -0.2) is 10.9 Å². The highest BCUT2D eigenvalue weighted by atomic mass is 19.2. The van der Waals surface area contributed by atoms with Crippen molar-refractivity contribution in [1.29, 1.82) is 0 Å². The van der Waals surface area contributed by atoms with Crippen molar-refractivity contribution in [3.8, 4) is 0 Å². The number of benzene rings is 1. The van der Waals surface area contributed by atoms with Gasteiger partial charge < -0.3 is 5.32 Å². The zero-order chi connectivity index (χ0) is 13.1. The largest absolute Gasteiger partial charge is 0.322 e. The van der Waals surface area contributed by atoms with E-state index in [0.29, 0.717) is 0 Å². The van der Waals surface area contributed by atoms with E-state index in [1.54, 1.807) is 0 Å². The van der Waals surface area contributed by atoms with Gasteiger partial charge in [-0.3, -0.25) is 4.79 Å². The number of hydrogen-bond donors (Lipinski definition) is 1.